The van der Waals surface area contributed by atoms with Crippen LogP contribution in [-0.4, -0.2) is 32.8 Å². The van der Waals surface area contributed by atoms with Crippen molar-refractivity contribution in [3.8, 4) is 0 Å². The van der Waals surface area contributed by atoms with Gasteiger partial charge in [0.2, 0.25) is 0 Å². The third-order valence-corrected chi connectivity index (χ3v) is 4.73. The Labute approximate surface area is 145 Å². The van der Waals surface area contributed by atoms with E-state index in [1.165, 1.54) is 29.2 Å². The average molecular weight is 337 g/mol. The highest BCUT2D eigenvalue weighted by Crippen LogP contribution is 2.38. The third kappa shape index (κ3) is 2.71. The van der Waals surface area contributed by atoms with Crippen molar-refractivity contribution in [2.75, 3.05) is 12.4 Å². The molecule has 128 valence electrons. The standard InChI is InChI=1S/C18H19N5O2/c1-11-7-12-5-3-4-6-13(12)16(11)22-17-14-8-21-23(9-15(24)25-2)18(14)20-10-19-17/h3-6,8,10-11,16H,7,9H2,1-2H3,(H,19,20,22)/t11-,16-/m0/s1. The van der Waals surface area contributed by atoms with Gasteiger partial charge in [-0.1, -0.05) is 31.2 Å². The van der Waals surface area contributed by atoms with Gasteiger partial charge in [0.1, 0.15) is 18.7 Å². The summed E-state index contributed by atoms with van der Waals surface area (Å²) >= 11 is 0. The first kappa shape index (κ1) is 15.6. The molecule has 1 aromatic carbocycles. The van der Waals surface area contributed by atoms with Gasteiger partial charge in [-0.25, -0.2) is 14.6 Å². The zero-order valence-corrected chi connectivity index (χ0v) is 14.1. The molecular weight excluding hydrogens is 318 g/mol. The number of anilines is 1. The van der Waals surface area contributed by atoms with Gasteiger partial charge in [0, 0.05) is 0 Å². The van der Waals surface area contributed by atoms with Gasteiger partial charge in [-0.3, -0.25) is 4.79 Å². The minimum atomic E-state index is -0.364. The number of nitrogens with zero attached hydrogens (tertiary/aromatic N) is 4. The van der Waals surface area contributed by atoms with Crippen LogP contribution in [0.15, 0.2) is 36.8 Å². The molecule has 0 amide bonds. The van der Waals surface area contributed by atoms with Gasteiger partial charge in [-0.15, -0.1) is 0 Å². The predicted octanol–water partition coefficient (Wildman–Crippen LogP) is 2.34. The smallest absolute Gasteiger partial charge is 0.327 e. The van der Waals surface area contributed by atoms with E-state index in [1.54, 1.807) is 6.20 Å². The summed E-state index contributed by atoms with van der Waals surface area (Å²) in [5.74, 6) is 0.832. The molecule has 2 atom stereocenters. The van der Waals surface area contributed by atoms with Gasteiger partial charge in [0.05, 0.1) is 24.7 Å². The van der Waals surface area contributed by atoms with Crippen LogP contribution >= 0.6 is 0 Å². The number of benzene rings is 1. The number of nitrogens with one attached hydrogen (secondary N) is 1. The van der Waals surface area contributed by atoms with Crippen molar-refractivity contribution in [1.29, 1.82) is 0 Å². The Morgan fingerprint density at radius 1 is 1.36 bits per heavy atom. The molecule has 25 heavy (non-hydrogen) atoms. The molecule has 0 fully saturated rings. The van der Waals surface area contributed by atoms with Crippen molar-refractivity contribution in [3.05, 3.63) is 47.9 Å². The number of carbonyl (C=O) groups excluding carboxylic acids is 1. The minimum absolute atomic E-state index is 0.0269. The minimum Gasteiger partial charge on any atom is -0.468 e. The fourth-order valence-electron chi connectivity index (χ4n) is 3.47. The molecule has 0 saturated carbocycles. The zero-order valence-electron chi connectivity index (χ0n) is 14.1. The Hall–Kier alpha value is -2.96. The first-order chi connectivity index (χ1) is 12.2. The summed E-state index contributed by atoms with van der Waals surface area (Å²) < 4.78 is 6.23. The Morgan fingerprint density at radius 2 is 2.20 bits per heavy atom. The molecule has 0 saturated heterocycles. The largest absolute Gasteiger partial charge is 0.468 e. The van der Waals surface area contributed by atoms with Gasteiger partial charge in [0.25, 0.3) is 0 Å². The van der Waals surface area contributed by atoms with Gasteiger partial charge >= 0.3 is 5.97 Å². The summed E-state index contributed by atoms with van der Waals surface area (Å²) in [7, 11) is 1.36. The second kappa shape index (κ2) is 6.16. The number of hydrogen-bond donors (Lipinski definition) is 1. The maximum Gasteiger partial charge on any atom is 0.327 e. The fraction of sp³-hybridized carbons (Fsp3) is 0.333. The van der Waals surface area contributed by atoms with Gasteiger partial charge < -0.3 is 10.1 Å². The number of fused-ring (bicyclic) bond motifs is 2. The molecule has 7 heteroatoms. The highest BCUT2D eigenvalue weighted by atomic mass is 16.5. The number of carbonyl (C=O) groups is 1. The van der Waals surface area contributed by atoms with E-state index in [4.69, 9.17) is 4.74 Å². The highest BCUT2D eigenvalue weighted by Gasteiger charge is 2.29. The number of rotatable bonds is 4. The number of esters is 1. The molecular formula is C18H19N5O2. The lowest BCUT2D eigenvalue weighted by molar-refractivity contribution is -0.141. The molecule has 1 N–H and O–H groups in total. The molecule has 3 aromatic rings. The SMILES string of the molecule is COC(=O)Cn1ncc2c(N[C@@H]3c4ccccc4C[C@@H]3C)ncnc21. The molecule has 0 radical (unpaired) electrons. The monoisotopic (exact) mass is 337 g/mol. The summed E-state index contributed by atoms with van der Waals surface area (Å²) in [6.45, 7) is 2.26. The predicted molar refractivity (Wildman–Crippen MR) is 93.0 cm³/mol. The fourth-order valence-corrected chi connectivity index (χ4v) is 3.47. The quantitative estimate of drug-likeness (QED) is 0.736. The van der Waals surface area contributed by atoms with E-state index < -0.39 is 0 Å². The number of methoxy groups -OCH3 is 1. The van der Waals surface area contributed by atoms with Gasteiger partial charge in [-0.2, -0.15) is 5.10 Å². The summed E-state index contributed by atoms with van der Waals surface area (Å²) in [5, 5.41) is 8.60. The van der Waals surface area contributed by atoms with Crippen LogP contribution in [0.5, 0.6) is 0 Å². The van der Waals surface area contributed by atoms with Crippen molar-refractivity contribution >= 4 is 22.8 Å². The second-order valence-corrected chi connectivity index (χ2v) is 6.34. The first-order valence-corrected chi connectivity index (χ1v) is 8.25. The maximum atomic E-state index is 11.5. The van der Waals surface area contributed by atoms with Crippen LogP contribution in [0.25, 0.3) is 11.0 Å². The molecule has 7 nitrogen and oxygen atoms in total. The van der Waals surface area contributed by atoms with Crippen LogP contribution in [0.3, 0.4) is 0 Å². The third-order valence-electron chi connectivity index (χ3n) is 4.73. The number of aromatic nitrogens is 4. The van der Waals surface area contributed by atoms with Crippen LogP contribution in [0, 0.1) is 5.92 Å². The zero-order chi connectivity index (χ0) is 17.4. The highest BCUT2D eigenvalue weighted by molar-refractivity contribution is 5.87. The summed E-state index contributed by atoms with van der Waals surface area (Å²) in [4.78, 5) is 20.2. The molecule has 2 heterocycles. The number of hydrogen-bond acceptors (Lipinski definition) is 6. The molecule has 0 aliphatic heterocycles. The van der Waals surface area contributed by atoms with Gasteiger partial charge in [0.15, 0.2) is 5.65 Å². The summed E-state index contributed by atoms with van der Waals surface area (Å²) in [6, 6.07) is 8.68. The van der Waals surface area contributed by atoms with E-state index in [1.807, 2.05) is 0 Å². The van der Waals surface area contributed by atoms with Crippen LogP contribution in [0.2, 0.25) is 0 Å². The van der Waals surface area contributed by atoms with E-state index in [0.717, 1.165) is 17.6 Å². The molecule has 0 unspecified atom stereocenters. The van der Waals surface area contributed by atoms with Gasteiger partial charge in [-0.05, 0) is 23.5 Å². The average Bonchev–Trinajstić information content (AvgIpc) is 3.17. The molecule has 2 aromatic heterocycles. The Morgan fingerprint density at radius 3 is 3.04 bits per heavy atom. The molecule has 1 aliphatic carbocycles. The summed E-state index contributed by atoms with van der Waals surface area (Å²) in [5.41, 5.74) is 3.30. The second-order valence-electron chi connectivity index (χ2n) is 6.34. The molecule has 1 aliphatic rings. The lowest BCUT2D eigenvalue weighted by Crippen LogP contribution is -2.16. The molecule has 4 rings (SSSR count). The lowest BCUT2D eigenvalue weighted by Gasteiger charge is -2.19. The Bertz CT molecular complexity index is 936. The van der Waals surface area contributed by atoms with Crippen LogP contribution < -0.4 is 5.32 Å². The van der Waals surface area contributed by atoms with Crippen molar-refractivity contribution in [1.82, 2.24) is 19.7 Å². The van der Waals surface area contributed by atoms with Crippen LogP contribution in [0.4, 0.5) is 5.82 Å². The van der Waals surface area contributed by atoms with E-state index in [-0.39, 0.29) is 18.6 Å². The van der Waals surface area contributed by atoms with Crippen molar-refractivity contribution in [2.45, 2.75) is 25.9 Å². The van der Waals surface area contributed by atoms with E-state index >= 15 is 0 Å². The Kier molecular flexibility index (Phi) is 3.83. The molecule has 0 spiro atoms. The topological polar surface area (TPSA) is 81.9 Å². The number of ether oxygens (including phenoxy) is 1. The van der Waals surface area contributed by atoms with Crippen molar-refractivity contribution in [2.24, 2.45) is 5.92 Å². The maximum absolute atomic E-state index is 11.5. The van der Waals surface area contributed by atoms with E-state index in [0.29, 0.717) is 11.6 Å². The normalized spacial score (nSPS) is 19.0. The van der Waals surface area contributed by atoms with Crippen LogP contribution in [0.1, 0.15) is 24.1 Å². The van der Waals surface area contributed by atoms with Crippen molar-refractivity contribution < 1.29 is 9.53 Å². The lowest BCUT2D eigenvalue weighted by atomic mass is 10.0. The van der Waals surface area contributed by atoms with E-state index in [9.17, 15) is 4.79 Å². The van der Waals surface area contributed by atoms with E-state index in [2.05, 4.69) is 51.6 Å². The Balaban J connectivity index is 1.68. The summed E-state index contributed by atoms with van der Waals surface area (Å²) in [6.07, 6.45) is 4.22. The van der Waals surface area contributed by atoms with Crippen molar-refractivity contribution in [3.63, 3.8) is 0 Å². The molecule has 0 bridgehead atoms. The first-order valence-electron chi connectivity index (χ1n) is 8.25. The van der Waals surface area contributed by atoms with Crippen LogP contribution in [-0.2, 0) is 22.5 Å².